The van der Waals surface area contributed by atoms with Crippen molar-refractivity contribution in [3.05, 3.63) is 69.4 Å². The van der Waals surface area contributed by atoms with E-state index in [9.17, 15) is 5.11 Å². The number of benzene rings is 1. The van der Waals surface area contributed by atoms with E-state index in [2.05, 4.69) is 15.6 Å². The Kier molecular flexibility index (Phi) is 3.88. The molecule has 0 radical (unpaired) electrons. The van der Waals surface area contributed by atoms with Gasteiger partial charge in [-0.15, -0.1) is 21.5 Å². The van der Waals surface area contributed by atoms with Gasteiger partial charge in [-0.25, -0.2) is 4.98 Å². The Morgan fingerprint density at radius 1 is 1.14 bits per heavy atom. The van der Waals surface area contributed by atoms with Gasteiger partial charge in [-0.1, -0.05) is 29.8 Å². The maximum absolute atomic E-state index is 10.5. The van der Waals surface area contributed by atoms with Gasteiger partial charge in [0.2, 0.25) is 0 Å². The minimum Gasteiger partial charge on any atom is -0.386 e. The monoisotopic (exact) mass is 410 g/mol. The largest absolute Gasteiger partial charge is 0.386 e. The van der Waals surface area contributed by atoms with Gasteiger partial charge in [0.25, 0.3) is 0 Å². The first-order valence-electron chi connectivity index (χ1n) is 9.17. The Balaban J connectivity index is 1.58. The number of nitrogens with zero attached hydrogens (tertiary/aromatic N) is 4. The Bertz CT molecular complexity index is 1170. The predicted octanol–water partition coefficient (Wildman–Crippen LogP) is 4.81. The molecule has 3 heterocycles. The second kappa shape index (κ2) is 6.11. The van der Waals surface area contributed by atoms with Crippen LogP contribution in [0.5, 0.6) is 0 Å². The summed E-state index contributed by atoms with van der Waals surface area (Å²) in [7, 11) is 0. The van der Waals surface area contributed by atoms with Gasteiger partial charge in [0.15, 0.2) is 11.5 Å². The average molecular weight is 411 g/mol. The van der Waals surface area contributed by atoms with E-state index in [1.807, 2.05) is 47.0 Å². The molecule has 5 nitrogen and oxygen atoms in total. The fourth-order valence-corrected chi connectivity index (χ4v) is 4.83. The van der Waals surface area contributed by atoms with E-state index in [-0.39, 0.29) is 5.41 Å². The number of halogens is 1. The summed E-state index contributed by atoms with van der Waals surface area (Å²) in [5.74, 6) is 0.894. The third kappa shape index (κ3) is 2.75. The highest BCUT2D eigenvalue weighted by atomic mass is 35.5. The van der Waals surface area contributed by atoms with Gasteiger partial charge in [0, 0.05) is 27.7 Å². The first-order chi connectivity index (χ1) is 13.4. The molecule has 0 amide bonds. The highest BCUT2D eigenvalue weighted by Gasteiger charge is 2.52. The molecular weight excluding hydrogens is 392 g/mol. The number of aliphatic hydroxyl groups is 1. The highest BCUT2D eigenvalue weighted by Crippen LogP contribution is 2.54. The van der Waals surface area contributed by atoms with Crippen LogP contribution < -0.4 is 0 Å². The molecule has 142 valence electrons. The van der Waals surface area contributed by atoms with E-state index >= 15 is 0 Å². The minimum absolute atomic E-state index is 0.201. The maximum atomic E-state index is 10.5. The van der Waals surface area contributed by atoms with Crippen molar-refractivity contribution in [2.24, 2.45) is 0 Å². The van der Waals surface area contributed by atoms with Crippen molar-refractivity contribution in [3.8, 4) is 11.3 Å². The van der Waals surface area contributed by atoms with Gasteiger partial charge in [0.1, 0.15) is 5.01 Å². The second-order valence-corrected chi connectivity index (χ2v) is 9.12. The average Bonchev–Trinajstić information content (AvgIpc) is 3.12. The lowest BCUT2D eigenvalue weighted by molar-refractivity contribution is 0.0796. The van der Waals surface area contributed by atoms with Crippen molar-refractivity contribution < 1.29 is 5.11 Å². The van der Waals surface area contributed by atoms with Gasteiger partial charge in [0.05, 0.1) is 16.7 Å². The topological polar surface area (TPSA) is 63.3 Å². The molecule has 0 spiro atoms. The third-order valence-electron chi connectivity index (χ3n) is 5.33. The summed E-state index contributed by atoms with van der Waals surface area (Å²) in [5.41, 5.74) is 2.29. The molecule has 28 heavy (non-hydrogen) atoms. The van der Waals surface area contributed by atoms with Gasteiger partial charge in [-0.05, 0) is 44.9 Å². The number of hydrogen-bond donors (Lipinski definition) is 1. The fraction of sp³-hybridized carbons (Fsp3) is 0.286. The summed E-state index contributed by atoms with van der Waals surface area (Å²) in [6, 6.07) is 11.6. The molecule has 0 bridgehead atoms. The Morgan fingerprint density at radius 2 is 1.89 bits per heavy atom. The number of thiazole rings is 1. The Labute approximate surface area is 171 Å². The van der Waals surface area contributed by atoms with Crippen LogP contribution in [0.1, 0.15) is 43.1 Å². The summed E-state index contributed by atoms with van der Waals surface area (Å²) in [6.45, 7) is 3.53. The van der Waals surface area contributed by atoms with E-state index in [1.54, 1.807) is 25.2 Å². The van der Waals surface area contributed by atoms with Crippen molar-refractivity contribution in [1.29, 1.82) is 0 Å². The van der Waals surface area contributed by atoms with Gasteiger partial charge < -0.3 is 5.11 Å². The molecule has 0 aliphatic heterocycles. The zero-order valence-electron chi connectivity index (χ0n) is 15.6. The molecule has 3 aromatic heterocycles. The number of hydrogen-bond acceptors (Lipinski definition) is 5. The van der Waals surface area contributed by atoms with Gasteiger partial charge in [-0.2, -0.15) is 0 Å². The van der Waals surface area contributed by atoms with E-state index in [1.165, 1.54) is 0 Å². The summed E-state index contributed by atoms with van der Waals surface area (Å²) >= 11 is 7.66. The molecule has 0 atom stereocenters. The first-order valence-corrected chi connectivity index (χ1v) is 10.4. The molecule has 0 unspecified atom stereocenters. The quantitative estimate of drug-likeness (QED) is 0.524. The summed E-state index contributed by atoms with van der Waals surface area (Å²) in [6.07, 6.45) is 3.95. The number of rotatable bonds is 4. The minimum atomic E-state index is -0.980. The molecule has 1 aliphatic rings. The number of fused-ring (bicyclic) bond motifs is 1. The van der Waals surface area contributed by atoms with Crippen LogP contribution in [0.2, 0.25) is 5.02 Å². The van der Waals surface area contributed by atoms with Crippen LogP contribution in [0, 0.1) is 0 Å². The second-order valence-electron chi connectivity index (χ2n) is 7.82. The molecule has 0 saturated heterocycles. The maximum Gasteiger partial charge on any atom is 0.166 e. The lowest BCUT2D eigenvalue weighted by atomic mass is 9.99. The van der Waals surface area contributed by atoms with Crippen molar-refractivity contribution in [2.75, 3.05) is 0 Å². The lowest BCUT2D eigenvalue weighted by Crippen LogP contribution is -2.18. The van der Waals surface area contributed by atoms with Crippen molar-refractivity contribution in [2.45, 2.75) is 37.7 Å². The van der Waals surface area contributed by atoms with E-state index in [0.29, 0.717) is 5.65 Å². The lowest BCUT2D eigenvalue weighted by Gasteiger charge is -2.18. The van der Waals surface area contributed by atoms with Crippen molar-refractivity contribution in [3.63, 3.8) is 0 Å². The van der Waals surface area contributed by atoms with E-state index < -0.39 is 5.60 Å². The normalized spacial score (nSPS) is 15.9. The van der Waals surface area contributed by atoms with E-state index in [0.717, 1.165) is 45.5 Å². The molecule has 1 saturated carbocycles. The zero-order valence-corrected chi connectivity index (χ0v) is 17.1. The molecule has 1 fully saturated rings. The number of pyridine rings is 1. The van der Waals surface area contributed by atoms with Crippen LogP contribution in [0.15, 0.2) is 48.0 Å². The Morgan fingerprint density at radius 3 is 2.57 bits per heavy atom. The summed E-state index contributed by atoms with van der Waals surface area (Å²) < 4.78 is 2.00. The molecular formula is C21H19ClN4OS. The predicted molar refractivity (Wildman–Crippen MR) is 111 cm³/mol. The standard InChI is InChI=1S/C21H19ClN4OS/c1-20(2,27)15-4-3-11-26-17(15)24-25-18(26)21(9-10-21)19-23-16(12-28-19)13-5-7-14(22)8-6-13/h3-8,11-12,27H,9-10H2,1-2H3. The van der Waals surface area contributed by atoms with Crippen LogP contribution in [0.3, 0.4) is 0 Å². The number of aromatic nitrogens is 4. The molecule has 7 heteroatoms. The van der Waals surface area contributed by atoms with Gasteiger partial charge >= 0.3 is 0 Å². The molecule has 4 aromatic rings. The molecule has 1 aliphatic carbocycles. The fourth-order valence-electron chi connectivity index (χ4n) is 3.62. The van der Waals surface area contributed by atoms with Crippen molar-refractivity contribution in [1.82, 2.24) is 19.6 Å². The van der Waals surface area contributed by atoms with Crippen molar-refractivity contribution >= 4 is 28.6 Å². The molecule has 5 rings (SSSR count). The highest BCUT2D eigenvalue weighted by molar-refractivity contribution is 7.10. The zero-order chi connectivity index (χ0) is 19.5. The summed E-state index contributed by atoms with van der Waals surface area (Å²) in [5, 5.41) is 23.3. The van der Waals surface area contributed by atoms with Crippen LogP contribution in [0.25, 0.3) is 16.9 Å². The molecule has 1 aromatic carbocycles. The summed E-state index contributed by atoms with van der Waals surface area (Å²) in [4.78, 5) is 4.92. The van der Waals surface area contributed by atoms with Crippen LogP contribution in [-0.2, 0) is 11.0 Å². The van der Waals surface area contributed by atoms with Crippen LogP contribution in [0.4, 0.5) is 0 Å². The van der Waals surface area contributed by atoms with E-state index in [4.69, 9.17) is 16.6 Å². The Hall–Kier alpha value is -2.28. The SMILES string of the molecule is CC(C)(O)c1cccn2c(C3(c4nc(-c5ccc(Cl)cc5)cs4)CC3)nnc12. The first kappa shape index (κ1) is 17.8. The van der Waals surface area contributed by atoms with Crippen LogP contribution >= 0.6 is 22.9 Å². The molecule has 1 N–H and O–H groups in total. The third-order valence-corrected chi connectivity index (χ3v) is 6.62. The van der Waals surface area contributed by atoms with Crippen LogP contribution in [-0.4, -0.2) is 24.7 Å². The van der Waals surface area contributed by atoms with Gasteiger partial charge in [-0.3, -0.25) is 4.40 Å². The smallest absolute Gasteiger partial charge is 0.166 e.